The number of hydrogen-bond donors (Lipinski definition) is 1. The standard InChI is InChI=1S/C22H30N4O/c1-2-7-18-14-21(27)24-22(23-18)20-10-4-3-8-17(20)15-25-11-6-13-26-12-5-9-19(26)16-25/h3-4,8,10,14,19H,2,5-7,9,11-13,15-16H2,1H3,(H,23,24,27). The molecule has 2 aliphatic rings. The van der Waals surface area contributed by atoms with Gasteiger partial charge in [0.15, 0.2) is 0 Å². The van der Waals surface area contributed by atoms with Crippen molar-refractivity contribution in [3.8, 4) is 11.4 Å². The highest BCUT2D eigenvalue weighted by molar-refractivity contribution is 5.60. The molecule has 0 aliphatic carbocycles. The van der Waals surface area contributed by atoms with Gasteiger partial charge < -0.3 is 4.98 Å². The Balaban J connectivity index is 1.59. The maximum Gasteiger partial charge on any atom is 0.251 e. The van der Waals surface area contributed by atoms with E-state index in [1.54, 1.807) is 6.07 Å². The van der Waals surface area contributed by atoms with E-state index in [0.29, 0.717) is 11.9 Å². The normalized spacial score (nSPS) is 21.1. The van der Waals surface area contributed by atoms with Gasteiger partial charge in [-0.05, 0) is 50.9 Å². The summed E-state index contributed by atoms with van der Waals surface area (Å²) in [5.41, 5.74) is 3.12. The van der Waals surface area contributed by atoms with Crippen molar-refractivity contribution in [2.24, 2.45) is 0 Å². The van der Waals surface area contributed by atoms with Crippen LogP contribution in [-0.4, -0.2) is 52.0 Å². The summed E-state index contributed by atoms with van der Waals surface area (Å²) in [6.45, 7) is 7.82. The third-order valence-corrected chi connectivity index (χ3v) is 5.85. The van der Waals surface area contributed by atoms with Gasteiger partial charge in [-0.15, -0.1) is 0 Å². The largest absolute Gasteiger partial charge is 0.307 e. The molecule has 2 saturated heterocycles. The molecule has 0 spiro atoms. The second kappa shape index (κ2) is 8.36. The minimum atomic E-state index is -0.0605. The average Bonchev–Trinajstić information content (AvgIpc) is 3.00. The lowest BCUT2D eigenvalue weighted by Crippen LogP contribution is -2.36. The molecular weight excluding hydrogens is 336 g/mol. The van der Waals surface area contributed by atoms with E-state index in [9.17, 15) is 4.79 Å². The van der Waals surface area contributed by atoms with E-state index >= 15 is 0 Å². The molecule has 1 unspecified atom stereocenters. The fourth-order valence-corrected chi connectivity index (χ4v) is 4.58. The van der Waals surface area contributed by atoms with Gasteiger partial charge in [0.2, 0.25) is 0 Å². The Morgan fingerprint density at radius 1 is 1.19 bits per heavy atom. The third kappa shape index (κ3) is 4.30. The molecule has 2 aliphatic heterocycles. The lowest BCUT2D eigenvalue weighted by atomic mass is 10.1. The van der Waals surface area contributed by atoms with E-state index in [-0.39, 0.29) is 5.56 Å². The number of rotatable bonds is 5. The molecule has 1 N–H and O–H groups in total. The van der Waals surface area contributed by atoms with Gasteiger partial charge in [0.05, 0.1) is 0 Å². The number of aromatic nitrogens is 2. The summed E-state index contributed by atoms with van der Waals surface area (Å²) in [7, 11) is 0. The molecule has 2 aromatic rings. The maximum absolute atomic E-state index is 12.1. The molecule has 5 nitrogen and oxygen atoms in total. The van der Waals surface area contributed by atoms with Crippen molar-refractivity contribution in [1.29, 1.82) is 0 Å². The van der Waals surface area contributed by atoms with Crippen LogP contribution >= 0.6 is 0 Å². The van der Waals surface area contributed by atoms with Crippen LogP contribution in [0.1, 0.15) is 43.9 Å². The van der Waals surface area contributed by atoms with Gasteiger partial charge >= 0.3 is 0 Å². The lowest BCUT2D eigenvalue weighted by molar-refractivity contribution is 0.215. The molecule has 4 rings (SSSR count). The van der Waals surface area contributed by atoms with Gasteiger partial charge in [-0.25, -0.2) is 4.98 Å². The Morgan fingerprint density at radius 2 is 2.04 bits per heavy atom. The van der Waals surface area contributed by atoms with Crippen molar-refractivity contribution in [3.05, 3.63) is 51.9 Å². The van der Waals surface area contributed by atoms with Crippen molar-refractivity contribution >= 4 is 0 Å². The number of nitrogens with one attached hydrogen (secondary N) is 1. The zero-order valence-corrected chi connectivity index (χ0v) is 16.3. The molecule has 1 atom stereocenters. The number of H-pyrrole nitrogens is 1. The van der Waals surface area contributed by atoms with Gasteiger partial charge in [0, 0.05) is 36.5 Å². The molecule has 0 radical (unpaired) electrons. The Kier molecular flexibility index (Phi) is 5.69. The Hall–Kier alpha value is -1.98. The average molecular weight is 367 g/mol. The zero-order chi connectivity index (χ0) is 18.6. The molecule has 0 saturated carbocycles. The molecule has 144 valence electrons. The first-order valence-corrected chi connectivity index (χ1v) is 10.4. The van der Waals surface area contributed by atoms with Crippen LogP contribution in [0.5, 0.6) is 0 Å². The SMILES string of the molecule is CCCc1cc(=O)[nH]c(-c2ccccc2CN2CCCN3CCCC3C2)n1. The Labute approximate surface area is 161 Å². The minimum Gasteiger partial charge on any atom is -0.307 e. The number of benzene rings is 1. The Morgan fingerprint density at radius 3 is 2.93 bits per heavy atom. The molecule has 5 heteroatoms. The molecular formula is C22H30N4O. The second-order valence-corrected chi connectivity index (χ2v) is 7.91. The van der Waals surface area contributed by atoms with Crippen LogP contribution in [0.2, 0.25) is 0 Å². The fourth-order valence-electron chi connectivity index (χ4n) is 4.58. The number of aromatic amines is 1. The van der Waals surface area contributed by atoms with Crippen molar-refractivity contribution in [2.45, 2.75) is 51.6 Å². The van der Waals surface area contributed by atoms with Crippen LogP contribution < -0.4 is 5.56 Å². The molecule has 0 amide bonds. The summed E-state index contributed by atoms with van der Waals surface area (Å²) in [6.07, 6.45) is 5.72. The summed E-state index contributed by atoms with van der Waals surface area (Å²) < 4.78 is 0. The quantitative estimate of drug-likeness (QED) is 0.884. The van der Waals surface area contributed by atoms with Crippen molar-refractivity contribution in [2.75, 3.05) is 26.2 Å². The van der Waals surface area contributed by atoms with Crippen LogP contribution in [0.4, 0.5) is 0 Å². The summed E-state index contributed by atoms with van der Waals surface area (Å²) in [6, 6.07) is 10.7. The molecule has 2 fully saturated rings. The van der Waals surface area contributed by atoms with Gasteiger partial charge in [0.1, 0.15) is 5.82 Å². The highest BCUT2D eigenvalue weighted by atomic mass is 16.1. The number of aryl methyl sites for hydroxylation is 1. The van der Waals surface area contributed by atoms with Crippen molar-refractivity contribution in [3.63, 3.8) is 0 Å². The van der Waals surface area contributed by atoms with Crippen LogP contribution in [0, 0.1) is 0 Å². The number of nitrogens with zero attached hydrogens (tertiary/aromatic N) is 3. The topological polar surface area (TPSA) is 52.2 Å². The first kappa shape index (κ1) is 18.4. The number of hydrogen-bond acceptors (Lipinski definition) is 4. The number of fused-ring (bicyclic) bond motifs is 1. The van der Waals surface area contributed by atoms with Crippen LogP contribution in [0.25, 0.3) is 11.4 Å². The van der Waals surface area contributed by atoms with E-state index in [4.69, 9.17) is 4.98 Å². The van der Waals surface area contributed by atoms with E-state index in [2.05, 4.69) is 39.9 Å². The van der Waals surface area contributed by atoms with E-state index in [0.717, 1.165) is 43.7 Å². The smallest absolute Gasteiger partial charge is 0.251 e. The highest BCUT2D eigenvalue weighted by Gasteiger charge is 2.28. The van der Waals surface area contributed by atoms with Gasteiger partial charge in [-0.3, -0.25) is 14.6 Å². The first-order valence-electron chi connectivity index (χ1n) is 10.4. The second-order valence-electron chi connectivity index (χ2n) is 7.91. The maximum atomic E-state index is 12.1. The zero-order valence-electron chi connectivity index (χ0n) is 16.3. The van der Waals surface area contributed by atoms with Crippen molar-refractivity contribution < 1.29 is 0 Å². The predicted molar refractivity (Wildman–Crippen MR) is 109 cm³/mol. The van der Waals surface area contributed by atoms with Crippen molar-refractivity contribution in [1.82, 2.24) is 19.8 Å². The predicted octanol–water partition coefficient (Wildman–Crippen LogP) is 3.06. The first-order chi connectivity index (χ1) is 13.2. The summed E-state index contributed by atoms with van der Waals surface area (Å²) in [4.78, 5) is 25.1. The molecule has 27 heavy (non-hydrogen) atoms. The molecule has 1 aromatic heterocycles. The van der Waals surface area contributed by atoms with Gasteiger partial charge in [-0.2, -0.15) is 0 Å². The van der Waals surface area contributed by atoms with E-state index < -0.39 is 0 Å². The molecule has 3 heterocycles. The van der Waals surface area contributed by atoms with E-state index in [1.807, 2.05) is 6.07 Å². The van der Waals surface area contributed by atoms with Crippen LogP contribution in [0.3, 0.4) is 0 Å². The molecule has 1 aromatic carbocycles. The van der Waals surface area contributed by atoms with E-state index in [1.165, 1.54) is 37.9 Å². The molecule has 0 bridgehead atoms. The Bertz CT molecular complexity index is 831. The third-order valence-electron chi connectivity index (χ3n) is 5.85. The fraction of sp³-hybridized carbons (Fsp3) is 0.545. The summed E-state index contributed by atoms with van der Waals surface area (Å²) in [5.74, 6) is 0.707. The monoisotopic (exact) mass is 366 g/mol. The van der Waals surface area contributed by atoms with Crippen LogP contribution in [0.15, 0.2) is 35.1 Å². The van der Waals surface area contributed by atoms with Gasteiger partial charge in [0.25, 0.3) is 5.56 Å². The highest BCUT2D eigenvalue weighted by Crippen LogP contribution is 2.25. The minimum absolute atomic E-state index is 0.0605. The lowest BCUT2D eigenvalue weighted by Gasteiger charge is -2.26. The summed E-state index contributed by atoms with van der Waals surface area (Å²) >= 11 is 0. The van der Waals surface area contributed by atoms with Crippen LogP contribution in [-0.2, 0) is 13.0 Å². The van der Waals surface area contributed by atoms with Gasteiger partial charge in [-0.1, -0.05) is 37.6 Å². The summed E-state index contributed by atoms with van der Waals surface area (Å²) in [5, 5.41) is 0.